The van der Waals surface area contributed by atoms with E-state index < -0.39 is 17.9 Å². The Morgan fingerprint density at radius 2 is 1.95 bits per heavy atom. The number of ether oxygens (including phenoxy) is 1. The molecule has 1 atom stereocenters. The van der Waals surface area contributed by atoms with E-state index in [-0.39, 0.29) is 5.69 Å². The van der Waals surface area contributed by atoms with Gasteiger partial charge in [0, 0.05) is 16.2 Å². The van der Waals surface area contributed by atoms with E-state index in [0.29, 0.717) is 6.42 Å². The summed E-state index contributed by atoms with van der Waals surface area (Å²) in [5.74, 6) is -0.885. The smallest absolute Gasteiger partial charge is 0.328 e. The van der Waals surface area contributed by atoms with Crippen LogP contribution in [0.5, 0.6) is 0 Å². The van der Waals surface area contributed by atoms with E-state index in [1.165, 1.54) is 13.3 Å². The summed E-state index contributed by atoms with van der Waals surface area (Å²) < 4.78 is 5.87. The Labute approximate surface area is 142 Å². The SMILES string of the molecule is COC(=O)[C@@H](Cc1ccc(I)cc1)NC(=O)c1ccccn1. The van der Waals surface area contributed by atoms with Gasteiger partial charge in [-0.25, -0.2) is 4.79 Å². The van der Waals surface area contributed by atoms with Crippen molar-refractivity contribution in [1.29, 1.82) is 0 Å². The Hall–Kier alpha value is -1.96. The molecule has 2 rings (SSSR count). The second-order valence-corrected chi connectivity index (χ2v) is 5.84. The molecule has 0 aliphatic carbocycles. The van der Waals surface area contributed by atoms with E-state index in [9.17, 15) is 9.59 Å². The van der Waals surface area contributed by atoms with E-state index in [1.807, 2.05) is 24.3 Å². The number of hydrogen-bond acceptors (Lipinski definition) is 4. The molecule has 0 saturated carbocycles. The summed E-state index contributed by atoms with van der Waals surface area (Å²) in [4.78, 5) is 28.0. The maximum Gasteiger partial charge on any atom is 0.328 e. The van der Waals surface area contributed by atoms with Crippen LogP contribution in [0.3, 0.4) is 0 Å². The molecular weight excluding hydrogens is 395 g/mol. The Morgan fingerprint density at radius 1 is 1.23 bits per heavy atom. The van der Waals surface area contributed by atoms with Gasteiger partial charge in [-0.15, -0.1) is 0 Å². The number of pyridine rings is 1. The molecule has 1 aromatic carbocycles. The molecule has 6 heteroatoms. The average molecular weight is 410 g/mol. The third kappa shape index (κ3) is 4.52. The predicted octanol–water partition coefficient (Wildman–Crippen LogP) is 2.20. The minimum atomic E-state index is -0.750. The summed E-state index contributed by atoms with van der Waals surface area (Å²) >= 11 is 2.21. The van der Waals surface area contributed by atoms with E-state index in [2.05, 4.69) is 32.9 Å². The first-order valence-corrected chi connectivity index (χ1v) is 7.72. The van der Waals surface area contributed by atoms with Crippen molar-refractivity contribution in [3.05, 3.63) is 63.5 Å². The van der Waals surface area contributed by atoms with Crippen LogP contribution >= 0.6 is 22.6 Å². The van der Waals surface area contributed by atoms with Gasteiger partial charge in [0.2, 0.25) is 0 Å². The van der Waals surface area contributed by atoms with Crippen molar-refractivity contribution in [1.82, 2.24) is 10.3 Å². The Morgan fingerprint density at radius 3 is 2.55 bits per heavy atom. The molecule has 0 aliphatic rings. The van der Waals surface area contributed by atoms with Crippen molar-refractivity contribution in [2.75, 3.05) is 7.11 Å². The molecule has 0 radical (unpaired) electrons. The van der Waals surface area contributed by atoms with Crippen molar-refractivity contribution >= 4 is 34.5 Å². The molecule has 0 bridgehead atoms. The van der Waals surface area contributed by atoms with Crippen LogP contribution in [-0.2, 0) is 16.0 Å². The molecule has 1 amide bonds. The standard InChI is InChI=1S/C16H15IN2O3/c1-22-16(21)14(10-11-5-7-12(17)8-6-11)19-15(20)13-4-2-3-9-18-13/h2-9,14H,10H2,1H3,(H,19,20)/t14-/m1/s1. The van der Waals surface area contributed by atoms with Gasteiger partial charge in [0.1, 0.15) is 11.7 Å². The van der Waals surface area contributed by atoms with E-state index in [4.69, 9.17) is 4.74 Å². The zero-order chi connectivity index (χ0) is 15.9. The molecule has 5 nitrogen and oxygen atoms in total. The Bertz CT molecular complexity index is 644. The fourth-order valence-corrected chi connectivity index (χ4v) is 2.28. The first-order valence-electron chi connectivity index (χ1n) is 6.64. The summed E-state index contributed by atoms with van der Waals surface area (Å²) in [6.45, 7) is 0. The van der Waals surface area contributed by atoms with Crippen molar-refractivity contribution in [2.24, 2.45) is 0 Å². The Kier molecular flexibility index (Phi) is 5.88. The van der Waals surface area contributed by atoms with Crippen LogP contribution in [0, 0.1) is 3.57 Å². The summed E-state index contributed by atoms with van der Waals surface area (Å²) in [6, 6.07) is 12.0. The van der Waals surface area contributed by atoms with Gasteiger partial charge in [-0.1, -0.05) is 18.2 Å². The monoisotopic (exact) mass is 410 g/mol. The second kappa shape index (κ2) is 7.88. The number of halogens is 1. The third-order valence-electron chi connectivity index (χ3n) is 3.04. The average Bonchev–Trinajstić information content (AvgIpc) is 2.56. The lowest BCUT2D eigenvalue weighted by atomic mass is 10.1. The van der Waals surface area contributed by atoms with Crippen LogP contribution in [0.25, 0.3) is 0 Å². The molecule has 0 unspecified atom stereocenters. The molecule has 1 N–H and O–H groups in total. The minimum Gasteiger partial charge on any atom is -0.467 e. The molecule has 1 aromatic heterocycles. The maximum absolute atomic E-state index is 12.1. The minimum absolute atomic E-state index is 0.263. The highest BCUT2D eigenvalue weighted by Gasteiger charge is 2.23. The zero-order valence-corrected chi connectivity index (χ0v) is 14.1. The fourth-order valence-electron chi connectivity index (χ4n) is 1.92. The number of rotatable bonds is 5. The van der Waals surface area contributed by atoms with Gasteiger partial charge < -0.3 is 10.1 Å². The molecule has 114 valence electrons. The number of methoxy groups -OCH3 is 1. The highest BCUT2D eigenvalue weighted by atomic mass is 127. The summed E-state index contributed by atoms with van der Waals surface area (Å²) in [7, 11) is 1.30. The maximum atomic E-state index is 12.1. The number of carbonyl (C=O) groups is 2. The van der Waals surface area contributed by atoms with Crippen LogP contribution < -0.4 is 5.32 Å². The van der Waals surface area contributed by atoms with Crippen LogP contribution in [-0.4, -0.2) is 30.0 Å². The largest absolute Gasteiger partial charge is 0.467 e. The molecule has 0 saturated heterocycles. The number of benzene rings is 1. The molecule has 0 spiro atoms. The summed E-state index contributed by atoms with van der Waals surface area (Å²) in [5, 5.41) is 2.67. The number of nitrogens with one attached hydrogen (secondary N) is 1. The van der Waals surface area contributed by atoms with Crippen LogP contribution in [0.15, 0.2) is 48.7 Å². The number of aromatic nitrogens is 1. The zero-order valence-electron chi connectivity index (χ0n) is 12.0. The van der Waals surface area contributed by atoms with Crippen molar-refractivity contribution in [2.45, 2.75) is 12.5 Å². The number of amides is 1. The lowest BCUT2D eigenvalue weighted by molar-refractivity contribution is -0.142. The summed E-state index contributed by atoms with van der Waals surface area (Å²) in [6.07, 6.45) is 1.89. The van der Waals surface area contributed by atoms with Crippen molar-refractivity contribution in [3.63, 3.8) is 0 Å². The fraction of sp³-hybridized carbons (Fsp3) is 0.188. The lowest BCUT2D eigenvalue weighted by Crippen LogP contribution is -2.43. The molecule has 2 aromatic rings. The molecular formula is C16H15IN2O3. The topological polar surface area (TPSA) is 68.3 Å². The first kappa shape index (κ1) is 16.4. The van der Waals surface area contributed by atoms with E-state index >= 15 is 0 Å². The van der Waals surface area contributed by atoms with Gasteiger partial charge in [-0.2, -0.15) is 0 Å². The highest BCUT2D eigenvalue weighted by molar-refractivity contribution is 14.1. The Balaban J connectivity index is 2.11. The van der Waals surface area contributed by atoms with E-state index in [1.54, 1.807) is 18.2 Å². The number of carbonyl (C=O) groups excluding carboxylic acids is 2. The quantitative estimate of drug-likeness (QED) is 0.607. The van der Waals surface area contributed by atoms with Crippen LogP contribution in [0.1, 0.15) is 16.1 Å². The highest BCUT2D eigenvalue weighted by Crippen LogP contribution is 2.10. The molecule has 22 heavy (non-hydrogen) atoms. The van der Waals surface area contributed by atoms with Gasteiger partial charge in [0.15, 0.2) is 0 Å². The van der Waals surface area contributed by atoms with Gasteiger partial charge in [0.25, 0.3) is 5.91 Å². The normalized spacial score (nSPS) is 11.5. The first-order chi connectivity index (χ1) is 10.6. The van der Waals surface area contributed by atoms with Gasteiger partial charge in [-0.3, -0.25) is 9.78 Å². The van der Waals surface area contributed by atoms with E-state index in [0.717, 1.165) is 9.13 Å². The predicted molar refractivity (Wildman–Crippen MR) is 90.4 cm³/mol. The summed E-state index contributed by atoms with van der Waals surface area (Å²) in [5.41, 5.74) is 1.20. The number of nitrogens with zero attached hydrogens (tertiary/aromatic N) is 1. The van der Waals surface area contributed by atoms with Gasteiger partial charge in [-0.05, 0) is 52.4 Å². The number of hydrogen-bond donors (Lipinski definition) is 1. The molecule has 0 fully saturated rings. The number of esters is 1. The molecule has 0 aliphatic heterocycles. The molecule has 1 heterocycles. The lowest BCUT2D eigenvalue weighted by Gasteiger charge is -2.16. The third-order valence-corrected chi connectivity index (χ3v) is 3.76. The van der Waals surface area contributed by atoms with Crippen LogP contribution in [0.4, 0.5) is 0 Å². The van der Waals surface area contributed by atoms with Gasteiger partial charge in [0.05, 0.1) is 7.11 Å². The van der Waals surface area contributed by atoms with Crippen molar-refractivity contribution in [3.8, 4) is 0 Å². The van der Waals surface area contributed by atoms with Crippen LogP contribution in [0.2, 0.25) is 0 Å². The van der Waals surface area contributed by atoms with Crippen molar-refractivity contribution < 1.29 is 14.3 Å². The van der Waals surface area contributed by atoms with Gasteiger partial charge >= 0.3 is 5.97 Å². The second-order valence-electron chi connectivity index (χ2n) is 4.59.